The predicted molar refractivity (Wildman–Crippen MR) is 132 cm³/mol. The van der Waals surface area contributed by atoms with Crippen LogP contribution in [0.1, 0.15) is 6.92 Å². The Morgan fingerprint density at radius 3 is 2.15 bits per heavy atom. The van der Waals surface area contributed by atoms with Gasteiger partial charge < -0.3 is 19.1 Å². The number of ether oxygens (including phenoxy) is 2. The van der Waals surface area contributed by atoms with Crippen LogP contribution in [0, 0.1) is 0 Å². The Morgan fingerprint density at radius 2 is 1.48 bits per heavy atom. The van der Waals surface area contributed by atoms with Gasteiger partial charge in [-0.2, -0.15) is 0 Å². The first-order valence-electron chi connectivity index (χ1n) is 10.8. The van der Waals surface area contributed by atoms with E-state index in [9.17, 15) is 5.11 Å². The van der Waals surface area contributed by atoms with Crippen molar-refractivity contribution in [3.63, 3.8) is 0 Å². The zero-order valence-electron chi connectivity index (χ0n) is 18.7. The lowest BCUT2D eigenvalue weighted by molar-refractivity contribution is 0.126. The molecule has 0 aliphatic heterocycles. The van der Waals surface area contributed by atoms with Gasteiger partial charge in [-0.05, 0) is 54.4 Å². The first-order valence-corrected chi connectivity index (χ1v) is 11.8. The molecule has 7 heteroatoms. The lowest BCUT2D eigenvalue weighted by Gasteiger charge is -2.13. The summed E-state index contributed by atoms with van der Waals surface area (Å²) in [4.78, 5) is 0. The summed E-state index contributed by atoms with van der Waals surface area (Å²) in [6, 6.07) is 25.8. The molecule has 1 heterocycles. The van der Waals surface area contributed by atoms with Gasteiger partial charge in [-0.1, -0.05) is 54.2 Å². The molecule has 0 radical (unpaired) electrons. The van der Waals surface area contributed by atoms with Crippen LogP contribution >= 0.6 is 11.8 Å². The number of aliphatic hydroxyl groups excluding tert-OH is 1. The minimum atomic E-state index is -0.629. The van der Waals surface area contributed by atoms with Crippen molar-refractivity contribution >= 4 is 11.8 Å². The molecule has 3 aromatic carbocycles. The topological polar surface area (TPSA) is 69.4 Å². The smallest absolute Gasteiger partial charge is 0.191 e. The van der Waals surface area contributed by atoms with Crippen LogP contribution in [-0.4, -0.2) is 45.4 Å². The molecule has 6 nitrogen and oxygen atoms in total. The highest BCUT2D eigenvalue weighted by atomic mass is 32.2. The molecular formula is C26H27N3O3S. The Kier molecular flexibility index (Phi) is 7.65. The van der Waals surface area contributed by atoms with Gasteiger partial charge in [0.15, 0.2) is 11.0 Å². The number of aliphatic hydroxyl groups is 1. The molecule has 4 rings (SSSR count). The third kappa shape index (κ3) is 5.74. The number of aromatic nitrogens is 3. The normalized spacial score (nSPS) is 11.8. The van der Waals surface area contributed by atoms with Gasteiger partial charge in [-0.15, -0.1) is 10.2 Å². The number of hydrogen-bond donors (Lipinski definition) is 1. The van der Waals surface area contributed by atoms with E-state index in [0.29, 0.717) is 5.75 Å². The molecule has 1 aromatic heterocycles. The quantitative estimate of drug-likeness (QED) is 0.329. The number of thioether (sulfide) groups is 1. The minimum absolute atomic E-state index is 0.212. The Hall–Kier alpha value is -3.29. The van der Waals surface area contributed by atoms with E-state index in [0.717, 1.165) is 45.7 Å². The third-order valence-electron chi connectivity index (χ3n) is 5.19. The van der Waals surface area contributed by atoms with Crippen LogP contribution in [0.3, 0.4) is 0 Å². The van der Waals surface area contributed by atoms with Crippen molar-refractivity contribution in [3.05, 3.63) is 78.9 Å². The summed E-state index contributed by atoms with van der Waals surface area (Å²) in [5.74, 6) is 2.79. The van der Waals surface area contributed by atoms with E-state index in [1.807, 2.05) is 71.3 Å². The number of rotatable bonds is 10. The Balaban J connectivity index is 1.31. The molecule has 1 N–H and O–H groups in total. The molecule has 0 aliphatic rings. The third-order valence-corrected chi connectivity index (χ3v) is 6.30. The van der Waals surface area contributed by atoms with Crippen LogP contribution in [0.5, 0.6) is 11.5 Å². The van der Waals surface area contributed by atoms with Crippen molar-refractivity contribution in [3.8, 4) is 34.0 Å². The van der Waals surface area contributed by atoms with Crippen LogP contribution < -0.4 is 9.47 Å². The van der Waals surface area contributed by atoms with Crippen molar-refractivity contribution in [1.29, 1.82) is 0 Å². The van der Waals surface area contributed by atoms with Crippen LogP contribution in [0.15, 0.2) is 84.0 Å². The lowest BCUT2D eigenvalue weighted by Crippen LogP contribution is -2.20. The fraction of sp³-hybridized carbons (Fsp3) is 0.231. The van der Waals surface area contributed by atoms with E-state index < -0.39 is 6.10 Å². The number of benzene rings is 3. The molecule has 33 heavy (non-hydrogen) atoms. The van der Waals surface area contributed by atoms with Crippen molar-refractivity contribution in [2.45, 2.75) is 24.7 Å². The van der Waals surface area contributed by atoms with Gasteiger partial charge >= 0.3 is 0 Å². The highest BCUT2D eigenvalue weighted by molar-refractivity contribution is 7.99. The molecule has 0 fully saturated rings. The van der Waals surface area contributed by atoms with E-state index in [4.69, 9.17) is 9.47 Å². The predicted octanol–water partition coefficient (Wildman–Crippen LogP) is 5.17. The van der Waals surface area contributed by atoms with E-state index >= 15 is 0 Å². The monoisotopic (exact) mass is 461 g/mol. The van der Waals surface area contributed by atoms with Gasteiger partial charge in [-0.25, -0.2) is 0 Å². The van der Waals surface area contributed by atoms with Gasteiger partial charge in [0.2, 0.25) is 0 Å². The molecule has 0 saturated heterocycles. The lowest BCUT2D eigenvalue weighted by atomic mass is 10.1. The summed E-state index contributed by atoms with van der Waals surface area (Å²) >= 11 is 1.47. The van der Waals surface area contributed by atoms with E-state index in [-0.39, 0.29) is 6.61 Å². The van der Waals surface area contributed by atoms with Crippen LogP contribution in [0.25, 0.3) is 22.5 Å². The average Bonchev–Trinajstić information content (AvgIpc) is 3.30. The maximum absolute atomic E-state index is 10.4. The second-order valence-corrected chi connectivity index (χ2v) is 8.43. The van der Waals surface area contributed by atoms with Crippen LogP contribution in [0.2, 0.25) is 0 Å². The van der Waals surface area contributed by atoms with Gasteiger partial charge in [0.1, 0.15) is 18.1 Å². The van der Waals surface area contributed by atoms with E-state index in [1.165, 1.54) is 11.8 Å². The molecule has 0 saturated carbocycles. The Bertz CT molecular complexity index is 1150. The first kappa shape index (κ1) is 22.9. The summed E-state index contributed by atoms with van der Waals surface area (Å²) in [5.41, 5.74) is 3.26. The first-order chi connectivity index (χ1) is 16.2. The van der Waals surface area contributed by atoms with Crippen molar-refractivity contribution < 1.29 is 14.6 Å². The Morgan fingerprint density at radius 1 is 0.848 bits per heavy atom. The fourth-order valence-electron chi connectivity index (χ4n) is 3.42. The fourth-order valence-corrected chi connectivity index (χ4v) is 4.33. The van der Waals surface area contributed by atoms with Crippen LogP contribution in [0.4, 0.5) is 0 Å². The molecule has 1 unspecified atom stereocenters. The number of methoxy groups -OCH3 is 1. The summed E-state index contributed by atoms with van der Waals surface area (Å²) in [6.07, 6.45) is -0.629. The highest BCUT2D eigenvalue weighted by Crippen LogP contribution is 2.26. The second-order valence-electron chi connectivity index (χ2n) is 7.45. The summed E-state index contributed by atoms with van der Waals surface area (Å²) in [6.45, 7) is 3.00. The molecule has 4 aromatic rings. The molecule has 0 aliphatic carbocycles. The molecule has 0 bridgehead atoms. The van der Waals surface area contributed by atoms with E-state index in [1.54, 1.807) is 7.11 Å². The summed E-state index contributed by atoms with van der Waals surface area (Å²) < 4.78 is 13.1. The zero-order valence-corrected chi connectivity index (χ0v) is 19.5. The van der Waals surface area contributed by atoms with E-state index in [2.05, 4.69) is 29.3 Å². The molecule has 1 atom stereocenters. The molecule has 0 amide bonds. The zero-order chi connectivity index (χ0) is 23.0. The number of hydrogen-bond acceptors (Lipinski definition) is 6. The maximum Gasteiger partial charge on any atom is 0.191 e. The Labute approximate surface area is 198 Å². The van der Waals surface area contributed by atoms with Gasteiger partial charge in [0.05, 0.1) is 13.2 Å². The van der Waals surface area contributed by atoms with Gasteiger partial charge in [0, 0.05) is 17.9 Å². The van der Waals surface area contributed by atoms with Crippen LogP contribution in [-0.2, 0) is 6.54 Å². The minimum Gasteiger partial charge on any atom is -0.497 e. The molecule has 170 valence electrons. The highest BCUT2D eigenvalue weighted by Gasteiger charge is 2.15. The van der Waals surface area contributed by atoms with Gasteiger partial charge in [-0.3, -0.25) is 0 Å². The second kappa shape index (κ2) is 11.0. The largest absolute Gasteiger partial charge is 0.497 e. The standard InChI is InChI=1S/C26H27N3O3S/c1-3-29-25(21-11-13-23(31-2)14-12-21)27-28-26(29)33-18-22(30)17-32-24-15-9-20(10-16-24)19-7-5-4-6-8-19/h4-16,22,30H,3,17-18H2,1-2H3. The molecular weight excluding hydrogens is 434 g/mol. The molecule has 0 spiro atoms. The SMILES string of the molecule is CCn1c(SCC(O)COc2ccc(-c3ccccc3)cc2)nnc1-c1ccc(OC)cc1. The van der Waals surface area contributed by atoms with Gasteiger partial charge in [0.25, 0.3) is 0 Å². The summed E-state index contributed by atoms with van der Waals surface area (Å²) in [5, 5.41) is 19.9. The summed E-state index contributed by atoms with van der Waals surface area (Å²) in [7, 11) is 1.65. The van der Waals surface area contributed by atoms with Crippen molar-refractivity contribution in [2.24, 2.45) is 0 Å². The van der Waals surface area contributed by atoms with Crippen molar-refractivity contribution in [2.75, 3.05) is 19.5 Å². The average molecular weight is 462 g/mol. The maximum atomic E-state index is 10.4. The number of nitrogens with zero attached hydrogens (tertiary/aromatic N) is 3. The van der Waals surface area contributed by atoms with Crippen molar-refractivity contribution in [1.82, 2.24) is 14.8 Å².